The Labute approximate surface area is 134 Å². The van der Waals surface area contributed by atoms with Gasteiger partial charge in [0.25, 0.3) is 0 Å². The first-order valence-corrected chi connectivity index (χ1v) is 7.46. The second-order valence-electron chi connectivity index (χ2n) is 4.66. The number of hydrogen-bond donors (Lipinski definition) is 1. The highest BCUT2D eigenvalue weighted by Crippen LogP contribution is 2.28. The van der Waals surface area contributed by atoms with Crippen LogP contribution in [0, 0.1) is 0 Å². The van der Waals surface area contributed by atoms with E-state index in [1.54, 1.807) is 0 Å². The van der Waals surface area contributed by atoms with Gasteiger partial charge >= 0.3 is 0 Å². The zero-order valence-corrected chi connectivity index (χ0v) is 13.4. The number of carbonyl (C=O) groups is 1. The first-order chi connectivity index (χ1) is 10.6. The highest BCUT2D eigenvalue weighted by molar-refractivity contribution is 6.30. The maximum atomic E-state index is 11.2. The normalized spacial score (nSPS) is 10.5. The first kappa shape index (κ1) is 16.4. The molecule has 1 aromatic carbocycles. The standard InChI is InChI=1S/C16H18ClN3O2/c1-3-22-10-9-13-14(12-7-5-4-6-8-12)19-16(18-11(2)21)20-15(13)17/h4-8H,3,9-10H2,1-2H3,(H,18,19,20,21). The molecule has 0 saturated heterocycles. The van der Waals surface area contributed by atoms with Gasteiger partial charge in [0.2, 0.25) is 11.9 Å². The molecule has 0 aliphatic carbocycles. The number of halogens is 1. The van der Waals surface area contributed by atoms with Crippen molar-refractivity contribution in [2.45, 2.75) is 20.3 Å². The molecule has 1 aromatic heterocycles. The molecule has 2 aromatic rings. The largest absolute Gasteiger partial charge is 0.381 e. The average molecular weight is 320 g/mol. The van der Waals surface area contributed by atoms with E-state index in [2.05, 4.69) is 15.3 Å². The molecule has 0 bridgehead atoms. The molecule has 22 heavy (non-hydrogen) atoms. The molecule has 0 saturated carbocycles. The van der Waals surface area contributed by atoms with E-state index in [4.69, 9.17) is 16.3 Å². The van der Waals surface area contributed by atoms with Crippen LogP contribution in [0.25, 0.3) is 11.3 Å². The van der Waals surface area contributed by atoms with E-state index in [0.717, 1.165) is 11.1 Å². The molecule has 0 unspecified atom stereocenters. The number of carbonyl (C=O) groups excluding carboxylic acids is 1. The summed E-state index contributed by atoms with van der Waals surface area (Å²) in [5.41, 5.74) is 2.45. The SMILES string of the molecule is CCOCCc1c(Cl)nc(NC(C)=O)nc1-c1ccccc1. The fourth-order valence-electron chi connectivity index (χ4n) is 2.04. The Morgan fingerprint density at radius 1 is 1.27 bits per heavy atom. The van der Waals surface area contributed by atoms with Crippen molar-refractivity contribution in [2.24, 2.45) is 0 Å². The summed E-state index contributed by atoms with van der Waals surface area (Å²) in [6.45, 7) is 4.53. The molecule has 6 heteroatoms. The summed E-state index contributed by atoms with van der Waals surface area (Å²) in [5.74, 6) is -0.0337. The number of nitrogens with zero attached hydrogens (tertiary/aromatic N) is 2. The van der Waals surface area contributed by atoms with Crippen molar-refractivity contribution in [3.05, 3.63) is 41.0 Å². The Morgan fingerprint density at radius 2 is 2.00 bits per heavy atom. The van der Waals surface area contributed by atoms with Crippen LogP contribution in [0.1, 0.15) is 19.4 Å². The lowest BCUT2D eigenvalue weighted by molar-refractivity contribution is -0.114. The zero-order chi connectivity index (χ0) is 15.9. The van der Waals surface area contributed by atoms with Gasteiger partial charge in [-0.25, -0.2) is 9.97 Å². The molecule has 0 aliphatic rings. The maximum Gasteiger partial charge on any atom is 0.231 e. The van der Waals surface area contributed by atoms with Crippen LogP contribution < -0.4 is 5.32 Å². The summed E-state index contributed by atoms with van der Waals surface area (Å²) in [6, 6.07) is 9.67. The number of amides is 1. The van der Waals surface area contributed by atoms with Gasteiger partial charge in [-0.15, -0.1) is 0 Å². The van der Waals surface area contributed by atoms with Gasteiger partial charge in [0.05, 0.1) is 12.3 Å². The third-order valence-electron chi connectivity index (χ3n) is 2.99. The molecule has 0 spiro atoms. The van der Waals surface area contributed by atoms with Gasteiger partial charge < -0.3 is 4.74 Å². The van der Waals surface area contributed by atoms with E-state index in [0.29, 0.717) is 30.5 Å². The Bertz CT molecular complexity index is 647. The molecule has 0 radical (unpaired) electrons. The van der Waals surface area contributed by atoms with Crippen LogP contribution in [-0.4, -0.2) is 29.1 Å². The number of rotatable bonds is 6. The van der Waals surface area contributed by atoms with Crippen LogP contribution in [0.2, 0.25) is 5.15 Å². The van der Waals surface area contributed by atoms with E-state index in [-0.39, 0.29) is 11.9 Å². The summed E-state index contributed by atoms with van der Waals surface area (Å²) in [7, 11) is 0. The van der Waals surface area contributed by atoms with E-state index in [9.17, 15) is 4.79 Å². The second-order valence-corrected chi connectivity index (χ2v) is 5.02. The van der Waals surface area contributed by atoms with Crippen LogP contribution in [0.5, 0.6) is 0 Å². The molecule has 0 aliphatic heterocycles. The van der Waals surface area contributed by atoms with Crippen molar-refractivity contribution >= 4 is 23.5 Å². The zero-order valence-electron chi connectivity index (χ0n) is 12.6. The monoisotopic (exact) mass is 319 g/mol. The summed E-state index contributed by atoms with van der Waals surface area (Å²) in [5, 5.41) is 2.90. The Kier molecular flexibility index (Phi) is 5.86. The number of nitrogens with one attached hydrogen (secondary N) is 1. The van der Waals surface area contributed by atoms with Crippen LogP contribution in [0.15, 0.2) is 30.3 Å². The van der Waals surface area contributed by atoms with Gasteiger partial charge in [0, 0.05) is 31.1 Å². The van der Waals surface area contributed by atoms with Crippen molar-refractivity contribution in [3.63, 3.8) is 0 Å². The van der Waals surface area contributed by atoms with Crippen molar-refractivity contribution in [2.75, 3.05) is 18.5 Å². The summed E-state index contributed by atoms with van der Waals surface area (Å²) in [4.78, 5) is 19.8. The molecule has 1 N–H and O–H groups in total. The lowest BCUT2D eigenvalue weighted by Crippen LogP contribution is -2.12. The van der Waals surface area contributed by atoms with E-state index < -0.39 is 0 Å². The smallest absolute Gasteiger partial charge is 0.231 e. The van der Waals surface area contributed by atoms with Crippen LogP contribution in [-0.2, 0) is 16.0 Å². The van der Waals surface area contributed by atoms with Crippen molar-refractivity contribution in [3.8, 4) is 11.3 Å². The molecule has 116 valence electrons. The van der Waals surface area contributed by atoms with Crippen LogP contribution in [0.4, 0.5) is 5.95 Å². The van der Waals surface area contributed by atoms with Gasteiger partial charge in [-0.2, -0.15) is 0 Å². The van der Waals surface area contributed by atoms with Gasteiger partial charge in [-0.3, -0.25) is 10.1 Å². The number of aromatic nitrogens is 2. The van der Waals surface area contributed by atoms with Gasteiger partial charge in [0.15, 0.2) is 0 Å². The minimum atomic E-state index is -0.239. The lowest BCUT2D eigenvalue weighted by atomic mass is 10.1. The fraction of sp³-hybridized carbons (Fsp3) is 0.312. The topological polar surface area (TPSA) is 64.1 Å². The quantitative estimate of drug-likeness (QED) is 0.655. The van der Waals surface area contributed by atoms with Crippen LogP contribution in [0.3, 0.4) is 0 Å². The average Bonchev–Trinajstić information content (AvgIpc) is 2.49. The van der Waals surface area contributed by atoms with Crippen molar-refractivity contribution in [1.82, 2.24) is 9.97 Å². The maximum absolute atomic E-state index is 11.2. The third-order valence-corrected chi connectivity index (χ3v) is 3.30. The molecule has 1 amide bonds. The Balaban J connectivity index is 2.44. The van der Waals surface area contributed by atoms with Gasteiger partial charge in [-0.05, 0) is 6.92 Å². The lowest BCUT2D eigenvalue weighted by Gasteiger charge is -2.12. The minimum absolute atomic E-state index is 0.205. The van der Waals surface area contributed by atoms with Crippen molar-refractivity contribution in [1.29, 1.82) is 0 Å². The van der Waals surface area contributed by atoms with E-state index >= 15 is 0 Å². The van der Waals surface area contributed by atoms with Crippen LogP contribution >= 0.6 is 11.6 Å². The van der Waals surface area contributed by atoms with E-state index in [1.807, 2.05) is 37.3 Å². The number of anilines is 1. The molecule has 5 nitrogen and oxygen atoms in total. The molecular weight excluding hydrogens is 302 g/mol. The number of ether oxygens (including phenoxy) is 1. The third kappa shape index (κ3) is 4.26. The second kappa shape index (κ2) is 7.87. The molecule has 0 fully saturated rings. The summed E-state index contributed by atoms with van der Waals surface area (Å²) < 4.78 is 5.39. The van der Waals surface area contributed by atoms with E-state index in [1.165, 1.54) is 6.92 Å². The number of hydrogen-bond acceptors (Lipinski definition) is 4. The number of benzene rings is 1. The molecular formula is C16H18ClN3O2. The predicted molar refractivity (Wildman–Crippen MR) is 87.0 cm³/mol. The van der Waals surface area contributed by atoms with Gasteiger partial charge in [0.1, 0.15) is 5.15 Å². The predicted octanol–water partition coefficient (Wildman–Crippen LogP) is 3.33. The fourth-order valence-corrected chi connectivity index (χ4v) is 2.31. The highest BCUT2D eigenvalue weighted by Gasteiger charge is 2.15. The first-order valence-electron chi connectivity index (χ1n) is 7.09. The molecule has 0 atom stereocenters. The van der Waals surface area contributed by atoms with Crippen molar-refractivity contribution < 1.29 is 9.53 Å². The molecule has 2 rings (SSSR count). The Morgan fingerprint density at radius 3 is 2.64 bits per heavy atom. The minimum Gasteiger partial charge on any atom is -0.381 e. The van der Waals surface area contributed by atoms with Gasteiger partial charge in [-0.1, -0.05) is 41.9 Å². The Hall–Kier alpha value is -1.98. The highest BCUT2D eigenvalue weighted by atomic mass is 35.5. The molecule has 1 heterocycles. The summed E-state index contributed by atoms with van der Waals surface area (Å²) in [6.07, 6.45) is 0.608. The summed E-state index contributed by atoms with van der Waals surface area (Å²) >= 11 is 6.29.